The first-order valence-corrected chi connectivity index (χ1v) is 9.00. The Hall–Kier alpha value is -1.93. The molecule has 0 saturated heterocycles. The van der Waals surface area contributed by atoms with Gasteiger partial charge in [-0.3, -0.25) is 9.59 Å². The van der Waals surface area contributed by atoms with Crippen molar-refractivity contribution in [1.82, 2.24) is 9.88 Å². The molecule has 1 saturated carbocycles. The van der Waals surface area contributed by atoms with E-state index in [2.05, 4.69) is 20.9 Å². The number of carbonyl (C=O) groups excluding carboxylic acids is 2. The second-order valence-electron chi connectivity index (χ2n) is 5.51. The monoisotopic (exact) mass is 409 g/mol. The van der Waals surface area contributed by atoms with Crippen molar-refractivity contribution in [2.45, 2.75) is 18.9 Å². The SMILES string of the molecule is COc1cccc(-c2sc(Br)nc2C(=O)N(CC(N)=O)C2CC2)c1. The molecular weight excluding hydrogens is 394 g/mol. The smallest absolute Gasteiger partial charge is 0.274 e. The van der Waals surface area contributed by atoms with Crippen LogP contribution in [-0.4, -0.2) is 41.4 Å². The molecule has 1 aromatic heterocycles. The van der Waals surface area contributed by atoms with Crippen LogP contribution in [0.2, 0.25) is 0 Å². The summed E-state index contributed by atoms with van der Waals surface area (Å²) in [6, 6.07) is 7.52. The predicted octanol–water partition coefficient (Wildman–Crippen LogP) is 2.67. The van der Waals surface area contributed by atoms with E-state index in [4.69, 9.17) is 10.5 Å². The van der Waals surface area contributed by atoms with Crippen LogP contribution in [-0.2, 0) is 4.79 Å². The van der Waals surface area contributed by atoms with E-state index in [0.29, 0.717) is 15.4 Å². The predicted molar refractivity (Wildman–Crippen MR) is 95.1 cm³/mol. The van der Waals surface area contributed by atoms with Gasteiger partial charge in [-0.05, 0) is 46.5 Å². The first-order valence-electron chi connectivity index (χ1n) is 7.39. The van der Waals surface area contributed by atoms with Gasteiger partial charge in [-0.2, -0.15) is 0 Å². The highest BCUT2D eigenvalue weighted by Gasteiger charge is 2.36. The standard InChI is InChI=1S/C16H16BrN3O3S/c1-23-11-4-2-3-9(7-11)14-13(19-16(17)24-14)15(22)20(8-12(18)21)10-5-6-10/h2-4,7,10H,5-6,8H2,1H3,(H2,18,21). The first-order chi connectivity index (χ1) is 11.5. The minimum atomic E-state index is -0.521. The van der Waals surface area contributed by atoms with Gasteiger partial charge >= 0.3 is 0 Å². The summed E-state index contributed by atoms with van der Waals surface area (Å²) in [4.78, 5) is 30.8. The van der Waals surface area contributed by atoms with Gasteiger partial charge in [0.25, 0.3) is 5.91 Å². The van der Waals surface area contributed by atoms with Gasteiger partial charge in [-0.25, -0.2) is 4.98 Å². The molecule has 1 fully saturated rings. The van der Waals surface area contributed by atoms with Gasteiger partial charge in [0.15, 0.2) is 3.92 Å². The number of hydrogen-bond donors (Lipinski definition) is 1. The van der Waals surface area contributed by atoms with Gasteiger partial charge in [0.2, 0.25) is 5.91 Å². The molecule has 2 N–H and O–H groups in total. The first kappa shape index (κ1) is 16.9. The Morgan fingerprint density at radius 3 is 2.83 bits per heavy atom. The van der Waals surface area contributed by atoms with Crippen LogP contribution in [0.5, 0.6) is 5.75 Å². The second-order valence-corrected chi connectivity index (χ2v) is 7.78. The number of amides is 2. The van der Waals surface area contributed by atoms with Crippen LogP contribution in [0.25, 0.3) is 10.4 Å². The van der Waals surface area contributed by atoms with E-state index in [1.54, 1.807) is 7.11 Å². The van der Waals surface area contributed by atoms with Crippen LogP contribution in [0.15, 0.2) is 28.2 Å². The summed E-state index contributed by atoms with van der Waals surface area (Å²) in [5, 5.41) is 0. The summed E-state index contributed by atoms with van der Waals surface area (Å²) in [5.41, 5.74) is 6.46. The lowest BCUT2D eigenvalue weighted by Gasteiger charge is -2.20. The molecule has 1 aliphatic rings. The van der Waals surface area contributed by atoms with Crippen molar-refractivity contribution >= 4 is 39.1 Å². The zero-order valence-corrected chi connectivity index (χ0v) is 15.4. The van der Waals surface area contributed by atoms with Crippen LogP contribution in [0.3, 0.4) is 0 Å². The highest BCUT2D eigenvalue weighted by atomic mass is 79.9. The molecule has 0 atom stereocenters. The molecule has 2 amide bonds. The molecule has 2 aromatic rings. The molecule has 1 heterocycles. The van der Waals surface area contributed by atoms with E-state index in [9.17, 15) is 9.59 Å². The van der Waals surface area contributed by atoms with Crippen LogP contribution >= 0.6 is 27.3 Å². The van der Waals surface area contributed by atoms with Crippen LogP contribution in [0.1, 0.15) is 23.3 Å². The molecule has 0 spiro atoms. The lowest BCUT2D eigenvalue weighted by atomic mass is 10.1. The third kappa shape index (κ3) is 3.59. The third-order valence-corrected chi connectivity index (χ3v) is 5.27. The fourth-order valence-electron chi connectivity index (χ4n) is 2.46. The second kappa shape index (κ2) is 6.90. The fraction of sp³-hybridized carbons (Fsp3) is 0.312. The number of ether oxygens (including phenoxy) is 1. The number of halogens is 1. The molecule has 1 aliphatic carbocycles. The number of rotatable bonds is 6. The number of thiazole rings is 1. The third-order valence-electron chi connectivity index (χ3n) is 3.71. The molecule has 1 aromatic carbocycles. The van der Waals surface area contributed by atoms with Gasteiger partial charge in [0.05, 0.1) is 18.5 Å². The summed E-state index contributed by atoms with van der Waals surface area (Å²) in [6.45, 7) is -0.0871. The van der Waals surface area contributed by atoms with Gasteiger partial charge in [-0.15, -0.1) is 11.3 Å². The van der Waals surface area contributed by atoms with E-state index < -0.39 is 5.91 Å². The average molecular weight is 410 g/mol. The fourth-order valence-corrected chi connectivity index (χ4v) is 3.90. The van der Waals surface area contributed by atoms with Crippen molar-refractivity contribution in [3.05, 3.63) is 33.9 Å². The maximum atomic E-state index is 12.9. The molecule has 0 radical (unpaired) electrons. The summed E-state index contributed by atoms with van der Waals surface area (Å²) < 4.78 is 5.86. The lowest BCUT2D eigenvalue weighted by molar-refractivity contribution is -0.118. The van der Waals surface area contributed by atoms with Gasteiger partial charge < -0.3 is 15.4 Å². The number of benzene rings is 1. The van der Waals surface area contributed by atoms with E-state index in [-0.39, 0.29) is 18.5 Å². The van der Waals surface area contributed by atoms with Crippen LogP contribution in [0, 0.1) is 0 Å². The summed E-state index contributed by atoms with van der Waals surface area (Å²) in [5.74, 6) is -0.0878. The van der Waals surface area contributed by atoms with Crippen molar-refractivity contribution in [1.29, 1.82) is 0 Å². The van der Waals surface area contributed by atoms with E-state index in [1.807, 2.05) is 24.3 Å². The molecule has 0 aliphatic heterocycles. The van der Waals surface area contributed by atoms with Crippen molar-refractivity contribution in [2.75, 3.05) is 13.7 Å². The largest absolute Gasteiger partial charge is 0.497 e. The van der Waals surface area contributed by atoms with Crippen molar-refractivity contribution in [2.24, 2.45) is 5.73 Å². The van der Waals surface area contributed by atoms with Crippen molar-refractivity contribution in [3.63, 3.8) is 0 Å². The van der Waals surface area contributed by atoms with Crippen molar-refractivity contribution < 1.29 is 14.3 Å². The topological polar surface area (TPSA) is 85.5 Å². The molecular formula is C16H16BrN3O3S. The number of primary amides is 1. The van der Waals surface area contributed by atoms with Gasteiger partial charge in [-0.1, -0.05) is 12.1 Å². The highest BCUT2D eigenvalue weighted by molar-refractivity contribution is 9.11. The molecule has 0 unspecified atom stereocenters. The maximum Gasteiger partial charge on any atom is 0.274 e. The molecule has 0 bridgehead atoms. The summed E-state index contributed by atoms with van der Waals surface area (Å²) in [7, 11) is 1.59. The Morgan fingerprint density at radius 1 is 1.46 bits per heavy atom. The van der Waals surface area contributed by atoms with Gasteiger partial charge in [0.1, 0.15) is 11.4 Å². The van der Waals surface area contributed by atoms with Crippen LogP contribution in [0.4, 0.5) is 0 Å². The molecule has 3 rings (SSSR count). The summed E-state index contributed by atoms with van der Waals surface area (Å²) >= 11 is 4.72. The highest BCUT2D eigenvalue weighted by Crippen LogP contribution is 2.37. The van der Waals surface area contributed by atoms with Crippen molar-refractivity contribution in [3.8, 4) is 16.2 Å². The quantitative estimate of drug-likeness (QED) is 0.794. The van der Waals surface area contributed by atoms with E-state index >= 15 is 0 Å². The van der Waals surface area contributed by atoms with Crippen LogP contribution < -0.4 is 10.5 Å². The number of nitrogens with two attached hydrogens (primary N) is 1. The number of methoxy groups -OCH3 is 1. The maximum absolute atomic E-state index is 12.9. The zero-order chi connectivity index (χ0) is 17.3. The van der Waals surface area contributed by atoms with E-state index in [0.717, 1.165) is 23.3 Å². The van der Waals surface area contributed by atoms with Gasteiger partial charge in [0, 0.05) is 6.04 Å². The Balaban J connectivity index is 1.98. The minimum absolute atomic E-state index is 0.0728. The molecule has 24 heavy (non-hydrogen) atoms. The lowest BCUT2D eigenvalue weighted by Crippen LogP contribution is -2.40. The minimum Gasteiger partial charge on any atom is -0.497 e. The Morgan fingerprint density at radius 2 is 2.21 bits per heavy atom. The number of carbonyl (C=O) groups is 2. The zero-order valence-electron chi connectivity index (χ0n) is 13.0. The Labute approximate surface area is 151 Å². The number of nitrogens with zero attached hydrogens (tertiary/aromatic N) is 2. The van der Waals surface area contributed by atoms with E-state index in [1.165, 1.54) is 16.2 Å². The molecule has 6 nitrogen and oxygen atoms in total. The molecule has 8 heteroatoms. The number of aromatic nitrogens is 1. The normalized spacial score (nSPS) is 13.6. The number of hydrogen-bond acceptors (Lipinski definition) is 5. The Bertz CT molecular complexity index is 789. The molecule has 126 valence electrons. The average Bonchev–Trinajstić information content (AvgIpc) is 3.33. The Kier molecular flexibility index (Phi) is 4.86. The summed E-state index contributed by atoms with van der Waals surface area (Å²) in [6.07, 6.45) is 1.78.